The molecule has 3 N–H and O–H groups in total. The first-order valence-electron chi connectivity index (χ1n) is 26.6. The smallest absolute Gasteiger partial charge is 0.259 e. The van der Waals surface area contributed by atoms with Crippen LogP contribution in [0, 0.1) is 18.7 Å². The zero-order valence-electron chi connectivity index (χ0n) is 44.1. The largest absolute Gasteiger partial charge is 0.489 e. The van der Waals surface area contributed by atoms with E-state index in [9.17, 15) is 33.2 Å². The van der Waals surface area contributed by atoms with Gasteiger partial charge in [0.15, 0.2) is 11.4 Å². The van der Waals surface area contributed by atoms with Crippen LogP contribution >= 0.6 is 11.8 Å². The summed E-state index contributed by atoms with van der Waals surface area (Å²) in [5, 5.41) is 14.0. The molecule has 21 heteroatoms. The fraction of sp³-hybridized carbons (Fsp3) is 0.545. The lowest BCUT2D eigenvalue weighted by molar-refractivity contribution is -0.140. The number of aromatic nitrogens is 3. The third-order valence-electron chi connectivity index (χ3n) is 14.6. The van der Waals surface area contributed by atoms with Crippen molar-refractivity contribution >= 4 is 57.8 Å². The Balaban J connectivity index is 0.744. The number of ether oxygens (including phenoxy) is 3. The molecule has 2 saturated heterocycles. The van der Waals surface area contributed by atoms with Gasteiger partial charge in [0.25, 0.3) is 5.91 Å². The molecule has 19 nitrogen and oxygen atoms in total. The molecule has 0 radical (unpaired) electrons. The van der Waals surface area contributed by atoms with Gasteiger partial charge in [0.1, 0.15) is 35.3 Å². The fourth-order valence-electron chi connectivity index (χ4n) is 10.2. The number of fused-ring (bicyclic) bond motifs is 2. The van der Waals surface area contributed by atoms with Crippen LogP contribution in [0.15, 0.2) is 65.9 Å². The Kier molecular flexibility index (Phi) is 19.3. The van der Waals surface area contributed by atoms with Crippen molar-refractivity contribution in [1.82, 2.24) is 45.2 Å². The Bertz CT molecular complexity index is 2750. The van der Waals surface area contributed by atoms with Gasteiger partial charge < -0.3 is 44.9 Å². The maximum atomic E-state index is 14.5. The van der Waals surface area contributed by atoms with Gasteiger partial charge in [0.05, 0.1) is 62.7 Å². The summed E-state index contributed by atoms with van der Waals surface area (Å²) < 4.78 is 33.0. The van der Waals surface area contributed by atoms with E-state index in [0.29, 0.717) is 67.8 Å². The van der Waals surface area contributed by atoms with Gasteiger partial charge in [-0.15, -0.1) is 11.8 Å². The first-order valence-corrected chi connectivity index (χ1v) is 27.5. The summed E-state index contributed by atoms with van der Waals surface area (Å²) in [6, 6.07) is 11.2. The number of aliphatic imine (C=N–C) groups is 1. The van der Waals surface area contributed by atoms with Crippen LogP contribution in [0.25, 0.3) is 5.65 Å². The molecular formula is C55H71FN10O9S. The van der Waals surface area contributed by atoms with Crippen molar-refractivity contribution in [3.8, 4) is 5.75 Å². The zero-order chi connectivity index (χ0) is 53.9. The molecule has 4 aliphatic rings. The van der Waals surface area contributed by atoms with Crippen LogP contribution in [-0.2, 0) is 35.1 Å². The number of nitrogens with zero attached hydrogens (tertiary/aromatic N) is 7. The van der Waals surface area contributed by atoms with Crippen LogP contribution in [0.5, 0.6) is 5.75 Å². The Labute approximate surface area is 447 Å². The molecule has 5 amide bonds. The van der Waals surface area contributed by atoms with Gasteiger partial charge in [-0.1, -0.05) is 24.6 Å². The van der Waals surface area contributed by atoms with E-state index in [0.717, 1.165) is 34.0 Å². The number of halogens is 1. The third-order valence-corrected chi connectivity index (χ3v) is 15.8. The minimum Gasteiger partial charge on any atom is -0.489 e. The predicted molar refractivity (Wildman–Crippen MR) is 285 cm³/mol. The van der Waals surface area contributed by atoms with E-state index in [1.807, 2.05) is 31.3 Å². The lowest BCUT2D eigenvalue weighted by Gasteiger charge is -2.38. The average molecular weight is 1070 g/mol. The number of likely N-dealkylation sites (N-methyl/N-ethyl adjacent to an activating group) is 1. The molecule has 6 heterocycles. The summed E-state index contributed by atoms with van der Waals surface area (Å²) in [5.74, 6) is -0.555. The number of aryl methyl sites for hydroxylation is 1. The average Bonchev–Trinajstić information content (AvgIpc) is 4.24. The summed E-state index contributed by atoms with van der Waals surface area (Å²) in [6.45, 7) is 10.7. The van der Waals surface area contributed by atoms with Crippen LogP contribution in [-0.4, -0.2) is 178 Å². The molecule has 4 aliphatic heterocycles. The number of hydrogen-bond donors (Lipinski definition) is 3. The summed E-state index contributed by atoms with van der Waals surface area (Å²) in [7, 11) is 1.68. The number of carbonyl (C=O) groups is 6. The van der Waals surface area contributed by atoms with Crippen molar-refractivity contribution < 1.29 is 47.4 Å². The Morgan fingerprint density at radius 2 is 1.70 bits per heavy atom. The number of piperidine rings is 1. The highest BCUT2D eigenvalue weighted by atomic mass is 32.2. The van der Waals surface area contributed by atoms with E-state index < -0.39 is 23.9 Å². The molecule has 8 rings (SSSR count). The standard InChI is InChI=1S/C55H71FN10O9S/c1-34-8-13-46-42(29-34)35(2)30-41-16-23-66-51(60-41)43(31-59-66)54(71)64(32-36(3)75-46)24-19-58-47(67)17-25-73-27-28-74-26-18-48(68)63-21-14-38(15-22-63)49(62-52(70)37(4)57-5)55(72)65-20-6-7-45(65)53-61-44(33-76-53)50(69)39-9-11-40(56)12-10-39/h8-13,16,23,29,31,35-38,44-45,49,57H,6-7,14-15,17-22,24-28,30,32-33H2,1-5H3,(H,58,67)(H,62,70)/t35-,36-,37-,44?,45-,49-/m0/s1. The van der Waals surface area contributed by atoms with E-state index in [1.54, 1.807) is 33.2 Å². The van der Waals surface area contributed by atoms with Gasteiger partial charge in [-0.05, 0) is 114 Å². The van der Waals surface area contributed by atoms with E-state index in [-0.39, 0.29) is 118 Å². The molecule has 0 aliphatic carbocycles. The SMILES string of the molecule is CN[C@@H](C)C(=O)N[C@H](C(=O)N1CCC[C@H]1C1=NC(C(=O)c2ccc(F)cc2)CS1)C1CCN(C(=O)CCOCCOCCC(=O)NCCN2C[C@H](C)Oc3ccc(C)cc3[C@@H](C)Cc3ccn4ncc(c4n3)C2=O)CC1. The van der Waals surface area contributed by atoms with Crippen LogP contribution in [0.2, 0.25) is 0 Å². The van der Waals surface area contributed by atoms with Crippen LogP contribution in [0.1, 0.15) is 103 Å². The minimum atomic E-state index is -0.808. The van der Waals surface area contributed by atoms with Crippen LogP contribution in [0.3, 0.4) is 0 Å². The maximum absolute atomic E-state index is 14.5. The van der Waals surface area contributed by atoms with Gasteiger partial charge in [0, 0.05) is 62.4 Å². The summed E-state index contributed by atoms with van der Waals surface area (Å²) in [6.07, 6.45) is 6.41. The first-order chi connectivity index (χ1) is 36.7. The van der Waals surface area contributed by atoms with E-state index in [4.69, 9.17) is 24.2 Å². The van der Waals surface area contributed by atoms with Crippen molar-refractivity contribution in [2.24, 2.45) is 10.9 Å². The fourth-order valence-corrected chi connectivity index (χ4v) is 11.4. The number of amides is 5. The second-order valence-corrected chi connectivity index (χ2v) is 21.3. The monoisotopic (exact) mass is 1070 g/mol. The van der Waals surface area contributed by atoms with Crippen LogP contribution in [0.4, 0.5) is 4.39 Å². The molecule has 2 bridgehead atoms. The number of benzene rings is 2. The number of Topliss-reactive ketones (excluding diaryl/α,β-unsaturated/α-hetero) is 1. The second-order valence-electron chi connectivity index (χ2n) is 20.2. The predicted octanol–water partition coefficient (Wildman–Crippen LogP) is 4.39. The summed E-state index contributed by atoms with van der Waals surface area (Å²) >= 11 is 1.46. The van der Waals surface area contributed by atoms with Gasteiger partial charge >= 0.3 is 0 Å². The highest BCUT2D eigenvalue weighted by molar-refractivity contribution is 8.14. The summed E-state index contributed by atoms with van der Waals surface area (Å²) in [4.78, 5) is 96.0. The van der Waals surface area contributed by atoms with Crippen LogP contribution < -0.4 is 20.7 Å². The number of nitrogens with one attached hydrogen (secondary N) is 3. The van der Waals surface area contributed by atoms with Gasteiger partial charge in [-0.2, -0.15) is 5.10 Å². The number of likely N-dealkylation sites (tertiary alicyclic amines) is 2. The first kappa shape index (κ1) is 55.9. The molecule has 2 aromatic heterocycles. The van der Waals surface area contributed by atoms with Gasteiger partial charge in [0.2, 0.25) is 23.6 Å². The molecule has 2 aromatic carbocycles. The Hall–Kier alpha value is -6.29. The second kappa shape index (κ2) is 26.2. The quantitative estimate of drug-likeness (QED) is 0.0828. The van der Waals surface area contributed by atoms with E-state index >= 15 is 0 Å². The third kappa shape index (κ3) is 14.0. The highest BCUT2D eigenvalue weighted by Crippen LogP contribution is 2.34. The lowest BCUT2D eigenvalue weighted by atomic mass is 9.88. The number of hydrogen-bond acceptors (Lipinski definition) is 14. The molecule has 76 heavy (non-hydrogen) atoms. The molecule has 0 saturated carbocycles. The zero-order valence-corrected chi connectivity index (χ0v) is 45.0. The van der Waals surface area contributed by atoms with Gasteiger partial charge in [-0.3, -0.25) is 33.8 Å². The number of thioether (sulfide) groups is 1. The number of rotatable bonds is 20. The van der Waals surface area contributed by atoms with E-state index in [2.05, 4.69) is 41.0 Å². The topological polar surface area (TPSA) is 218 Å². The molecule has 6 atom stereocenters. The van der Waals surface area contributed by atoms with Crippen molar-refractivity contribution in [3.63, 3.8) is 0 Å². The minimum absolute atomic E-state index is 0.0706. The number of carbonyl (C=O) groups excluding carboxylic acids is 6. The van der Waals surface area contributed by atoms with Gasteiger partial charge in [-0.25, -0.2) is 13.9 Å². The normalized spacial score (nSPS) is 21.0. The number of ketones is 1. The molecule has 4 aromatic rings. The molecule has 408 valence electrons. The van der Waals surface area contributed by atoms with Crippen molar-refractivity contribution in [2.75, 3.05) is 78.5 Å². The Morgan fingerprint density at radius 3 is 2.45 bits per heavy atom. The molecule has 1 unspecified atom stereocenters. The highest BCUT2D eigenvalue weighted by Gasteiger charge is 2.43. The molecule has 2 fully saturated rings. The van der Waals surface area contributed by atoms with Crippen molar-refractivity contribution in [3.05, 3.63) is 94.7 Å². The maximum Gasteiger partial charge on any atom is 0.259 e. The van der Waals surface area contributed by atoms with Crippen molar-refractivity contribution in [1.29, 1.82) is 0 Å². The Morgan fingerprint density at radius 1 is 0.947 bits per heavy atom. The molecule has 0 spiro atoms. The van der Waals surface area contributed by atoms with Crippen molar-refractivity contribution in [2.45, 2.75) is 109 Å². The molecular weight excluding hydrogens is 996 g/mol. The summed E-state index contributed by atoms with van der Waals surface area (Å²) in [5.41, 5.74) is 4.29. The van der Waals surface area contributed by atoms with E-state index in [1.165, 1.54) is 42.2 Å². The lowest BCUT2D eigenvalue weighted by Crippen LogP contribution is -2.58.